The Morgan fingerprint density at radius 3 is 2.77 bits per heavy atom. The number of thioether (sulfide) groups is 1. The van der Waals surface area contributed by atoms with E-state index < -0.39 is 0 Å². The van der Waals surface area contributed by atoms with E-state index in [1.165, 1.54) is 23.7 Å². The van der Waals surface area contributed by atoms with Crippen LogP contribution in [0.1, 0.15) is 5.56 Å². The van der Waals surface area contributed by atoms with Gasteiger partial charge in [0, 0.05) is 16.0 Å². The molecule has 0 saturated heterocycles. The fraction of sp³-hybridized carbons (Fsp3) is 0.136. The Hall–Kier alpha value is -2.61. The van der Waals surface area contributed by atoms with Crippen molar-refractivity contribution in [2.75, 3.05) is 18.2 Å². The molecule has 1 amide bonds. The van der Waals surface area contributed by atoms with Crippen molar-refractivity contribution >= 4 is 56.5 Å². The number of amides is 1. The van der Waals surface area contributed by atoms with Gasteiger partial charge in [-0.3, -0.25) is 4.79 Å². The number of nitrogens with zero attached hydrogens (tertiary/aromatic N) is 2. The zero-order valence-corrected chi connectivity index (χ0v) is 18.7. The van der Waals surface area contributed by atoms with Gasteiger partial charge in [0.25, 0.3) is 0 Å². The molecule has 0 unspecified atom stereocenters. The number of carbonyl (C=O) groups is 1. The molecule has 0 atom stereocenters. The summed E-state index contributed by atoms with van der Waals surface area (Å²) in [6.07, 6.45) is 1.54. The second-order valence-electron chi connectivity index (χ2n) is 6.56. The number of ether oxygens (including phenoxy) is 1. The van der Waals surface area contributed by atoms with Crippen LogP contribution in [0.15, 0.2) is 59.2 Å². The molecular weight excluding hydrogens is 438 g/mol. The van der Waals surface area contributed by atoms with Crippen molar-refractivity contribution in [1.29, 1.82) is 0 Å². The number of rotatable bonds is 6. The van der Waals surface area contributed by atoms with Crippen molar-refractivity contribution in [2.45, 2.75) is 11.9 Å². The Morgan fingerprint density at radius 1 is 1.20 bits per heavy atom. The van der Waals surface area contributed by atoms with E-state index in [2.05, 4.69) is 51.9 Å². The summed E-state index contributed by atoms with van der Waals surface area (Å²) in [6, 6.07) is 13.5. The molecule has 4 aromatic rings. The van der Waals surface area contributed by atoms with Crippen molar-refractivity contribution in [3.8, 4) is 16.9 Å². The van der Waals surface area contributed by atoms with Gasteiger partial charge in [-0.05, 0) is 30.7 Å². The van der Waals surface area contributed by atoms with Crippen molar-refractivity contribution in [1.82, 2.24) is 9.97 Å². The number of fused-ring (bicyclic) bond motifs is 1. The van der Waals surface area contributed by atoms with Gasteiger partial charge in [0.15, 0.2) is 0 Å². The maximum atomic E-state index is 12.6. The van der Waals surface area contributed by atoms with Crippen LogP contribution in [-0.4, -0.2) is 28.7 Å². The van der Waals surface area contributed by atoms with Crippen LogP contribution in [0.4, 0.5) is 5.69 Å². The van der Waals surface area contributed by atoms with Gasteiger partial charge in [0.1, 0.15) is 21.9 Å². The van der Waals surface area contributed by atoms with Gasteiger partial charge in [0.05, 0.1) is 23.9 Å². The van der Waals surface area contributed by atoms with Gasteiger partial charge in [-0.25, -0.2) is 9.97 Å². The SMILES string of the molecule is COc1ccc(Cl)cc1NC(=O)CSc1ncnc2scc(-c3ccc(C)cc3)c12. The minimum Gasteiger partial charge on any atom is -0.495 e. The topological polar surface area (TPSA) is 64.1 Å². The van der Waals surface area contributed by atoms with E-state index in [4.69, 9.17) is 16.3 Å². The van der Waals surface area contributed by atoms with Crippen LogP contribution in [0.2, 0.25) is 5.02 Å². The summed E-state index contributed by atoms with van der Waals surface area (Å²) in [6.45, 7) is 2.06. The molecule has 4 rings (SSSR count). The quantitative estimate of drug-likeness (QED) is 0.283. The maximum Gasteiger partial charge on any atom is 0.234 e. The Morgan fingerprint density at radius 2 is 2.00 bits per heavy atom. The standard InChI is InChI=1S/C22H18ClN3O2S2/c1-13-3-5-14(6-4-13)16-10-29-21-20(16)22(25-12-24-21)30-11-19(27)26-17-9-15(23)7-8-18(17)28-2/h3-10,12H,11H2,1-2H3,(H,26,27). The first-order valence-corrected chi connectivity index (χ1v) is 11.3. The average Bonchev–Trinajstić information content (AvgIpc) is 3.18. The van der Waals surface area contributed by atoms with Crippen molar-refractivity contribution in [3.63, 3.8) is 0 Å². The molecular formula is C22H18ClN3O2S2. The molecule has 0 aliphatic carbocycles. The molecule has 1 N–H and O–H groups in total. The summed E-state index contributed by atoms with van der Waals surface area (Å²) >= 11 is 9.00. The molecule has 2 aromatic heterocycles. The second-order valence-corrected chi connectivity index (χ2v) is 8.81. The predicted molar refractivity (Wildman–Crippen MR) is 125 cm³/mol. The van der Waals surface area contributed by atoms with Gasteiger partial charge in [-0.2, -0.15) is 0 Å². The number of benzene rings is 2. The summed E-state index contributed by atoms with van der Waals surface area (Å²) in [5.74, 6) is 0.589. The zero-order chi connectivity index (χ0) is 21.1. The average molecular weight is 456 g/mol. The first-order chi connectivity index (χ1) is 14.5. The van der Waals surface area contributed by atoms with E-state index >= 15 is 0 Å². The number of nitrogens with one attached hydrogen (secondary N) is 1. The Bertz CT molecular complexity index is 1210. The molecule has 2 heterocycles. The van der Waals surface area contributed by atoms with Crippen LogP contribution in [0, 0.1) is 6.92 Å². The highest BCUT2D eigenvalue weighted by molar-refractivity contribution is 8.00. The highest BCUT2D eigenvalue weighted by atomic mass is 35.5. The second kappa shape index (κ2) is 9.04. The summed E-state index contributed by atoms with van der Waals surface area (Å²) in [5.41, 5.74) is 3.93. The largest absolute Gasteiger partial charge is 0.495 e. The molecule has 0 aliphatic heterocycles. The number of carbonyl (C=O) groups excluding carboxylic acids is 1. The molecule has 8 heteroatoms. The number of halogens is 1. The molecule has 152 valence electrons. The normalized spacial score (nSPS) is 10.9. The fourth-order valence-corrected chi connectivity index (χ4v) is 4.97. The number of methoxy groups -OCH3 is 1. The van der Waals surface area contributed by atoms with Crippen LogP contribution < -0.4 is 10.1 Å². The van der Waals surface area contributed by atoms with Crippen LogP contribution in [0.5, 0.6) is 5.75 Å². The third-order valence-corrected chi connectivity index (χ3v) is 6.58. The number of hydrogen-bond donors (Lipinski definition) is 1. The van der Waals surface area contributed by atoms with E-state index in [9.17, 15) is 4.79 Å². The van der Waals surface area contributed by atoms with Crippen LogP contribution in [0.3, 0.4) is 0 Å². The number of thiophene rings is 1. The van der Waals surface area contributed by atoms with Gasteiger partial charge in [-0.1, -0.05) is 53.2 Å². The molecule has 0 fully saturated rings. The van der Waals surface area contributed by atoms with E-state index in [1.54, 1.807) is 36.6 Å². The predicted octanol–water partition coefficient (Wildman–Crippen LogP) is 6.06. The summed E-state index contributed by atoms with van der Waals surface area (Å²) < 4.78 is 5.28. The van der Waals surface area contributed by atoms with Crippen LogP contribution >= 0.6 is 34.7 Å². The van der Waals surface area contributed by atoms with Gasteiger partial charge in [0.2, 0.25) is 5.91 Å². The third-order valence-electron chi connectivity index (χ3n) is 4.47. The summed E-state index contributed by atoms with van der Waals surface area (Å²) in [5, 5.41) is 7.23. The van der Waals surface area contributed by atoms with E-state index in [1.807, 2.05) is 0 Å². The highest BCUT2D eigenvalue weighted by Gasteiger charge is 2.15. The Kier molecular flexibility index (Phi) is 6.22. The number of aryl methyl sites for hydroxylation is 1. The zero-order valence-electron chi connectivity index (χ0n) is 16.3. The Labute approximate surface area is 187 Å². The molecule has 5 nitrogen and oxygen atoms in total. The van der Waals surface area contributed by atoms with E-state index in [0.29, 0.717) is 16.5 Å². The highest BCUT2D eigenvalue weighted by Crippen LogP contribution is 2.38. The minimum absolute atomic E-state index is 0.167. The minimum atomic E-state index is -0.167. The van der Waals surface area contributed by atoms with Crippen molar-refractivity contribution in [3.05, 3.63) is 64.8 Å². The lowest BCUT2D eigenvalue weighted by molar-refractivity contribution is -0.113. The van der Waals surface area contributed by atoms with Gasteiger partial charge >= 0.3 is 0 Å². The van der Waals surface area contributed by atoms with Gasteiger partial charge in [-0.15, -0.1) is 11.3 Å². The monoisotopic (exact) mass is 455 g/mol. The molecule has 0 saturated carbocycles. The van der Waals surface area contributed by atoms with Crippen molar-refractivity contribution < 1.29 is 9.53 Å². The molecule has 0 aliphatic rings. The van der Waals surface area contributed by atoms with Crippen LogP contribution in [0.25, 0.3) is 21.3 Å². The number of aromatic nitrogens is 2. The lowest BCUT2D eigenvalue weighted by Crippen LogP contribution is -2.14. The molecule has 0 radical (unpaired) electrons. The fourth-order valence-electron chi connectivity index (χ4n) is 3.00. The number of anilines is 1. The van der Waals surface area contributed by atoms with E-state index in [-0.39, 0.29) is 11.7 Å². The van der Waals surface area contributed by atoms with Gasteiger partial charge < -0.3 is 10.1 Å². The number of hydrogen-bond acceptors (Lipinski definition) is 6. The first kappa shape index (κ1) is 20.7. The maximum absolute atomic E-state index is 12.6. The molecule has 0 spiro atoms. The summed E-state index contributed by atoms with van der Waals surface area (Å²) in [7, 11) is 1.55. The lowest BCUT2D eigenvalue weighted by atomic mass is 10.1. The van der Waals surface area contributed by atoms with Crippen molar-refractivity contribution in [2.24, 2.45) is 0 Å². The molecule has 2 aromatic carbocycles. The smallest absolute Gasteiger partial charge is 0.234 e. The van der Waals surface area contributed by atoms with Crippen LogP contribution in [-0.2, 0) is 4.79 Å². The first-order valence-electron chi connectivity index (χ1n) is 9.10. The summed E-state index contributed by atoms with van der Waals surface area (Å²) in [4.78, 5) is 22.3. The Balaban J connectivity index is 1.56. The lowest BCUT2D eigenvalue weighted by Gasteiger charge is -2.10. The third kappa shape index (κ3) is 4.43. The van der Waals surface area contributed by atoms with E-state index in [0.717, 1.165) is 26.4 Å². The molecule has 0 bridgehead atoms. The molecule has 30 heavy (non-hydrogen) atoms.